The molecule has 0 bridgehead atoms. The summed E-state index contributed by atoms with van der Waals surface area (Å²) in [5, 5.41) is 0. The van der Waals surface area contributed by atoms with Crippen LogP contribution >= 0.6 is 0 Å². The second kappa shape index (κ2) is 11.4. The topological polar surface area (TPSA) is 17.8 Å². The van der Waals surface area contributed by atoms with Gasteiger partial charge in [-0.05, 0) is 110 Å². The molecule has 8 aromatic carbocycles. The second-order valence-corrected chi connectivity index (χ2v) is 14.4. The Morgan fingerprint density at radius 1 is 0.396 bits per heavy atom. The molecule has 9 aromatic rings. The lowest BCUT2D eigenvalue weighted by Gasteiger charge is -2.31. The Bertz CT molecular complexity index is 2830. The van der Waals surface area contributed by atoms with Crippen LogP contribution in [0.3, 0.4) is 0 Å². The summed E-state index contributed by atoms with van der Waals surface area (Å²) < 4.78 is 2.26. The third kappa shape index (κ3) is 4.30. The minimum atomic E-state index is -0.422. The predicted molar refractivity (Wildman–Crippen MR) is 218 cm³/mol. The Morgan fingerprint density at radius 2 is 0.868 bits per heavy atom. The Hall–Kier alpha value is -6.77. The van der Waals surface area contributed by atoms with Crippen molar-refractivity contribution >= 4 is 11.0 Å². The molecule has 0 aliphatic heterocycles. The van der Waals surface area contributed by atoms with E-state index in [1.807, 2.05) is 0 Å². The predicted octanol–water partition coefficient (Wildman–Crippen LogP) is 12.7. The zero-order valence-corrected chi connectivity index (χ0v) is 29.3. The van der Waals surface area contributed by atoms with Gasteiger partial charge >= 0.3 is 0 Å². The molecule has 0 radical (unpaired) electrons. The number of benzene rings is 8. The number of para-hydroxylation sites is 3. The standard InChI is InChI=1S/C51H34N2/c1-33-19-21-34(22-20-33)37-27-29-42-43-30-28-38(32-47(43)51(46(42)31-37)44-15-7-5-13-40(44)41-14-6-8-16-45(41)51)35-23-25-36(26-24-35)50-52-48-17-9-10-18-49(48)53(50)39-11-3-2-4-12-39/h2-32H,1H3. The van der Waals surface area contributed by atoms with E-state index >= 15 is 0 Å². The third-order valence-corrected chi connectivity index (χ3v) is 11.5. The summed E-state index contributed by atoms with van der Waals surface area (Å²) in [5.74, 6) is 0.941. The molecule has 0 atom stereocenters. The van der Waals surface area contributed by atoms with E-state index in [2.05, 4.69) is 200 Å². The van der Waals surface area contributed by atoms with E-state index in [9.17, 15) is 0 Å². The second-order valence-electron chi connectivity index (χ2n) is 14.4. The van der Waals surface area contributed by atoms with E-state index in [0.717, 1.165) is 28.1 Å². The van der Waals surface area contributed by atoms with Gasteiger partial charge in [0.2, 0.25) is 0 Å². The van der Waals surface area contributed by atoms with E-state index < -0.39 is 5.41 Å². The monoisotopic (exact) mass is 674 g/mol. The van der Waals surface area contributed by atoms with E-state index in [1.54, 1.807) is 0 Å². The lowest BCUT2D eigenvalue weighted by molar-refractivity contribution is 0.794. The molecule has 2 aliphatic carbocycles. The molecule has 0 saturated carbocycles. The largest absolute Gasteiger partial charge is 0.292 e. The van der Waals surface area contributed by atoms with Crippen LogP contribution in [-0.4, -0.2) is 9.55 Å². The van der Waals surface area contributed by atoms with E-state index in [1.165, 1.54) is 72.3 Å². The SMILES string of the molecule is Cc1ccc(-c2ccc3c(c2)C2(c4ccccc4-c4ccccc42)c2cc(-c4ccc(-c5nc6ccccc6n5-c5ccccc5)cc4)ccc2-3)cc1. The van der Waals surface area contributed by atoms with Crippen molar-refractivity contribution in [2.75, 3.05) is 0 Å². The molecule has 0 N–H and O–H groups in total. The first-order valence-electron chi connectivity index (χ1n) is 18.4. The number of rotatable bonds is 4. The Kier molecular flexibility index (Phi) is 6.41. The molecular weight excluding hydrogens is 641 g/mol. The van der Waals surface area contributed by atoms with Crippen molar-refractivity contribution in [3.8, 4) is 61.6 Å². The van der Waals surface area contributed by atoms with E-state index in [4.69, 9.17) is 4.98 Å². The quantitative estimate of drug-likeness (QED) is 0.182. The van der Waals surface area contributed by atoms with Crippen LogP contribution in [0.1, 0.15) is 27.8 Å². The molecule has 0 amide bonds. The molecule has 2 heteroatoms. The molecule has 1 spiro atoms. The summed E-state index contributed by atoms with van der Waals surface area (Å²) in [4.78, 5) is 5.12. The van der Waals surface area contributed by atoms with Gasteiger partial charge < -0.3 is 0 Å². The number of aryl methyl sites for hydroxylation is 1. The van der Waals surface area contributed by atoms with Gasteiger partial charge in [0.1, 0.15) is 5.82 Å². The van der Waals surface area contributed by atoms with Crippen molar-refractivity contribution < 1.29 is 0 Å². The smallest absolute Gasteiger partial charge is 0.145 e. The highest BCUT2D eigenvalue weighted by atomic mass is 15.1. The molecule has 11 rings (SSSR count). The summed E-state index contributed by atoms with van der Waals surface area (Å²) in [7, 11) is 0. The van der Waals surface area contributed by atoms with Gasteiger partial charge in [0.05, 0.1) is 16.4 Å². The van der Waals surface area contributed by atoms with Crippen LogP contribution in [0.5, 0.6) is 0 Å². The maximum atomic E-state index is 5.12. The summed E-state index contributed by atoms with van der Waals surface area (Å²) >= 11 is 0. The van der Waals surface area contributed by atoms with Gasteiger partial charge in [0, 0.05) is 11.3 Å². The van der Waals surface area contributed by atoms with Crippen LogP contribution in [-0.2, 0) is 5.41 Å². The zero-order chi connectivity index (χ0) is 35.1. The fourth-order valence-corrected chi connectivity index (χ4v) is 9.11. The van der Waals surface area contributed by atoms with Gasteiger partial charge in [-0.1, -0.05) is 157 Å². The normalized spacial score (nSPS) is 13.2. The third-order valence-electron chi connectivity index (χ3n) is 11.5. The fraction of sp³-hybridized carbons (Fsp3) is 0.0392. The van der Waals surface area contributed by atoms with Crippen molar-refractivity contribution in [2.45, 2.75) is 12.3 Å². The molecular formula is C51H34N2. The number of hydrogen-bond donors (Lipinski definition) is 0. The number of nitrogens with zero attached hydrogens (tertiary/aromatic N) is 2. The molecule has 2 aliphatic rings. The molecule has 0 saturated heterocycles. The van der Waals surface area contributed by atoms with Gasteiger partial charge in [-0.2, -0.15) is 0 Å². The van der Waals surface area contributed by atoms with Crippen LogP contribution in [0.4, 0.5) is 0 Å². The fourth-order valence-electron chi connectivity index (χ4n) is 9.11. The highest BCUT2D eigenvalue weighted by molar-refractivity contribution is 5.97. The first kappa shape index (κ1) is 29.9. The highest BCUT2D eigenvalue weighted by Crippen LogP contribution is 2.63. The molecule has 2 nitrogen and oxygen atoms in total. The number of imidazole rings is 1. The molecule has 0 unspecified atom stereocenters. The lowest BCUT2D eigenvalue weighted by atomic mass is 9.70. The van der Waals surface area contributed by atoms with Crippen molar-refractivity contribution in [1.29, 1.82) is 0 Å². The maximum Gasteiger partial charge on any atom is 0.145 e. The van der Waals surface area contributed by atoms with Crippen molar-refractivity contribution in [2.24, 2.45) is 0 Å². The molecule has 53 heavy (non-hydrogen) atoms. The van der Waals surface area contributed by atoms with Crippen molar-refractivity contribution in [1.82, 2.24) is 9.55 Å². The lowest BCUT2D eigenvalue weighted by Crippen LogP contribution is -2.26. The van der Waals surface area contributed by atoms with Crippen LogP contribution < -0.4 is 0 Å². The van der Waals surface area contributed by atoms with Gasteiger partial charge in [-0.25, -0.2) is 4.98 Å². The van der Waals surface area contributed by atoms with E-state index in [0.29, 0.717) is 0 Å². The van der Waals surface area contributed by atoms with Crippen LogP contribution in [0, 0.1) is 6.92 Å². The summed E-state index contributed by atoms with van der Waals surface area (Å²) in [6, 6.07) is 69.1. The summed E-state index contributed by atoms with van der Waals surface area (Å²) in [6.45, 7) is 2.15. The van der Waals surface area contributed by atoms with Gasteiger partial charge in [-0.3, -0.25) is 4.57 Å². The molecule has 0 fully saturated rings. The molecule has 1 heterocycles. The van der Waals surface area contributed by atoms with Crippen LogP contribution in [0.25, 0.3) is 72.6 Å². The molecule has 1 aromatic heterocycles. The number of fused-ring (bicyclic) bond motifs is 11. The Morgan fingerprint density at radius 3 is 1.49 bits per heavy atom. The minimum absolute atomic E-state index is 0.422. The van der Waals surface area contributed by atoms with Crippen molar-refractivity contribution in [3.63, 3.8) is 0 Å². The van der Waals surface area contributed by atoms with Crippen LogP contribution in [0.15, 0.2) is 188 Å². The van der Waals surface area contributed by atoms with E-state index in [-0.39, 0.29) is 0 Å². The van der Waals surface area contributed by atoms with Crippen LogP contribution in [0.2, 0.25) is 0 Å². The summed E-state index contributed by atoms with van der Waals surface area (Å²) in [6.07, 6.45) is 0. The first-order valence-corrected chi connectivity index (χ1v) is 18.4. The van der Waals surface area contributed by atoms with Gasteiger partial charge in [0.15, 0.2) is 0 Å². The Balaban J connectivity index is 1.09. The van der Waals surface area contributed by atoms with Gasteiger partial charge in [-0.15, -0.1) is 0 Å². The minimum Gasteiger partial charge on any atom is -0.292 e. The average molecular weight is 675 g/mol. The zero-order valence-electron chi connectivity index (χ0n) is 29.3. The first-order chi connectivity index (χ1) is 26.2. The molecule has 248 valence electrons. The van der Waals surface area contributed by atoms with Crippen molar-refractivity contribution in [3.05, 3.63) is 216 Å². The highest BCUT2D eigenvalue weighted by Gasteiger charge is 2.51. The number of hydrogen-bond acceptors (Lipinski definition) is 1. The maximum absolute atomic E-state index is 5.12. The summed E-state index contributed by atoms with van der Waals surface area (Å²) in [5.41, 5.74) is 20.7. The number of aromatic nitrogens is 2. The van der Waals surface area contributed by atoms with Gasteiger partial charge in [0.25, 0.3) is 0 Å². The Labute approximate surface area is 309 Å². The average Bonchev–Trinajstić information content (AvgIpc) is 3.85.